The number of carbonyl (C=O) groups is 1. The van der Waals surface area contributed by atoms with Crippen molar-refractivity contribution in [1.29, 1.82) is 0 Å². The summed E-state index contributed by atoms with van der Waals surface area (Å²) in [4.78, 5) is 9.88. The van der Waals surface area contributed by atoms with Crippen LogP contribution in [0, 0.1) is 0 Å². The molecule has 2 unspecified atom stereocenters. The summed E-state index contributed by atoms with van der Waals surface area (Å²) in [6.07, 6.45) is 1.67. The number of ether oxygens (including phenoxy) is 1. The fourth-order valence-electron chi connectivity index (χ4n) is 1.31. The Labute approximate surface area is 121 Å². The average molecular weight is 282 g/mol. The van der Waals surface area contributed by atoms with Crippen LogP contribution in [0.1, 0.15) is 19.4 Å². The van der Waals surface area contributed by atoms with Crippen LogP contribution in [0.3, 0.4) is 0 Å². The van der Waals surface area contributed by atoms with Crippen LogP contribution in [0.5, 0.6) is 0 Å². The molecule has 1 aromatic carbocycles. The summed E-state index contributed by atoms with van der Waals surface area (Å²) < 4.78 is 5.08. The van der Waals surface area contributed by atoms with E-state index in [0.29, 0.717) is 13.2 Å². The van der Waals surface area contributed by atoms with Gasteiger partial charge in [0.25, 0.3) is 0 Å². The van der Waals surface area contributed by atoms with Gasteiger partial charge < -0.3 is 20.9 Å². The molecular formula is C15H26N2O3. The highest BCUT2D eigenvalue weighted by molar-refractivity contribution is 5.45. The summed E-state index contributed by atoms with van der Waals surface area (Å²) in [6.45, 7) is 4.93. The van der Waals surface area contributed by atoms with Crippen LogP contribution in [0.25, 0.3) is 0 Å². The number of rotatable bonds is 8. The quantitative estimate of drug-likeness (QED) is 0.484. The predicted molar refractivity (Wildman–Crippen MR) is 80.4 cm³/mol. The molecule has 1 aromatic rings. The van der Waals surface area contributed by atoms with Crippen LogP contribution >= 0.6 is 0 Å². The largest absolute Gasteiger partial charge is 0.394 e. The first-order valence-electron chi connectivity index (χ1n) is 6.80. The number of benzene rings is 1. The first-order valence-corrected chi connectivity index (χ1v) is 6.80. The second-order valence-electron chi connectivity index (χ2n) is 4.47. The molecule has 0 aromatic heterocycles. The zero-order chi connectivity index (χ0) is 15.2. The van der Waals surface area contributed by atoms with Crippen molar-refractivity contribution in [3.8, 4) is 0 Å². The Kier molecular flexibility index (Phi) is 11.7. The smallest absolute Gasteiger partial charge is 0.207 e. The lowest BCUT2D eigenvalue weighted by molar-refractivity contribution is -0.109. The van der Waals surface area contributed by atoms with E-state index in [-0.39, 0.29) is 18.8 Å². The molecule has 4 N–H and O–H groups in total. The number of nitrogens with two attached hydrogens (primary N) is 1. The second kappa shape index (κ2) is 12.6. The van der Waals surface area contributed by atoms with Gasteiger partial charge in [0.05, 0.1) is 19.3 Å². The SMILES string of the molecule is CC(N)C(C)OCCO.O=CNCCc1ccccc1. The summed E-state index contributed by atoms with van der Waals surface area (Å²) in [5.74, 6) is 0. The molecule has 0 heterocycles. The molecule has 0 aliphatic heterocycles. The zero-order valence-corrected chi connectivity index (χ0v) is 12.3. The highest BCUT2D eigenvalue weighted by Gasteiger charge is 2.05. The maximum Gasteiger partial charge on any atom is 0.207 e. The molecule has 5 nitrogen and oxygen atoms in total. The Balaban J connectivity index is 0.000000370. The first-order chi connectivity index (χ1) is 9.61. The summed E-state index contributed by atoms with van der Waals surface area (Å²) in [5.41, 5.74) is 6.72. The van der Waals surface area contributed by atoms with Crippen molar-refractivity contribution in [3.05, 3.63) is 35.9 Å². The molecule has 1 rings (SSSR count). The van der Waals surface area contributed by atoms with Gasteiger partial charge in [-0.15, -0.1) is 0 Å². The van der Waals surface area contributed by atoms with E-state index in [9.17, 15) is 4.79 Å². The van der Waals surface area contributed by atoms with E-state index in [4.69, 9.17) is 15.6 Å². The molecule has 0 fully saturated rings. The molecule has 114 valence electrons. The van der Waals surface area contributed by atoms with Crippen LogP contribution in [-0.4, -0.2) is 43.4 Å². The Morgan fingerprint density at radius 1 is 1.35 bits per heavy atom. The number of hydrogen-bond acceptors (Lipinski definition) is 4. The van der Waals surface area contributed by atoms with Crippen LogP contribution in [-0.2, 0) is 16.0 Å². The van der Waals surface area contributed by atoms with Crippen LogP contribution < -0.4 is 11.1 Å². The van der Waals surface area contributed by atoms with E-state index in [1.807, 2.05) is 44.2 Å². The molecular weight excluding hydrogens is 256 g/mol. The minimum Gasteiger partial charge on any atom is -0.394 e. The van der Waals surface area contributed by atoms with Gasteiger partial charge in [-0.3, -0.25) is 4.79 Å². The lowest BCUT2D eigenvalue weighted by Crippen LogP contribution is -2.32. The monoisotopic (exact) mass is 282 g/mol. The molecule has 20 heavy (non-hydrogen) atoms. The van der Waals surface area contributed by atoms with Gasteiger partial charge in [0.1, 0.15) is 0 Å². The summed E-state index contributed by atoms with van der Waals surface area (Å²) >= 11 is 0. The van der Waals surface area contributed by atoms with E-state index < -0.39 is 0 Å². The van der Waals surface area contributed by atoms with E-state index in [2.05, 4.69) is 5.32 Å². The van der Waals surface area contributed by atoms with Gasteiger partial charge in [0.2, 0.25) is 6.41 Å². The number of nitrogens with one attached hydrogen (secondary N) is 1. The third-order valence-corrected chi connectivity index (χ3v) is 2.70. The van der Waals surface area contributed by atoms with Crippen molar-refractivity contribution in [2.24, 2.45) is 5.73 Å². The normalized spacial score (nSPS) is 12.8. The molecule has 0 bridgehead atoms. The molecule has 0 radical (unpaired) electrons. The third kappa shape index (κ3) is 10.5. The lowest BCUT2D eigenvalue weighted by Gasteiger charge is -2.14. The number of aliphatic hydroxyl groups excluding tert-OH is 1. The lowest BCUT2D eigenvalue weighted by atomic mass is 10.2. The minimum atomic E-state index is 0.0385. The van der Waals surface area contributed by atoms with Crippen LogP contribution in [0.2, 0.25) is 0 Å². The van der Waals surface area contributed by atoms with E-state index in [1.165, 1.54) is 5.56 Å². The fourth-order valence-corrected chi connectivity index (χ4v) is 1.31. The van der Waals surface area contributed by atoms with E-state index in [0.717, 1.165) is 12.8 Å². The maximum absolute atomic E-state index is 9.88. The molecule has 5 heteroatoms. The van der Waals surface area contributed by atoms with E-state index in [1.54, 1.807) is 0 Å². The standard InChI is InChI=1S/C9H11NO.C6H15NO2/c11-8-10-7-6-9-4-2-1-3-5-9;1-5(7)6(2)9-4-3-8/h1-5,8H,6-7H2,(H,10,11);5-6,8H,3-4,7H2,1-2H3. The molecule has 0 aliphatic carbocycles. The van der Waals surface area contributed by atoms with Gasteiger partial charge in [-0.2, -0.15) is 0 Å². The highest BCUT2D eigenvalue weighted by atomic mass is 16.5. The fraction of sp³-hybridized carbons (Fsp3) is 0.533. The molecule has 2 atom stereocenters. The zero-order valence-electron chi connectivity index (χ0n) is 12.3. The predicted octanol–water partition coefficient (Wildman–Crippen LogP) is 0.706. The number of amides is 1. The maximum atomic E-state index is 9.88. The van der Waals surface area contributed by atoms with Crippen LogP contribution in [0.4, 0.5) is 0 Å². The van der Waals surface area contributed by atoms with Gasteiger partial charge in [0.15, 0.2) is 0 Å². The highest BCUT2D eigenvalue weighted by Crippen LogP contribution is 1.97. The molecule has 0 saturated carbocycles. The number of aliphatic hydroxyl groups is 1. The Morgan fingerprint density at radius 2 is 2.00 bits per heavy atom. The molecule has 0 saturated heterocycles. The van der Waals surface area contributed by atoms with Crippen molar-refractivity contribution in [3.63, 3.8) is 0 Å². The topological polar surface area (TPSA) is 84.6 Å². The number of carbonyl (C=O) groups excluding carboxylic acids is 1. The molecule has 0 spiro atoms. The third-order valence-electron chi connectivity index (χ3n) is 2.70. The average Bonchev–Trinajstić information content (AvgIpc) is 2.46. The summed E-state index contributed by atoms with van der Waals surface area (Å²) in [6, 6.07) is 10.1. The Bertz CT molecular complexity index is 331. The second-order valence-corrected chi connectivity index (χ2v) is 4.47. The van der Waals surface area contributed by atoms with Crippen molar-refractivity contribution >= 4 is 6.41 Å². The summed E-state index contributed by atoms with van der Waals surface area (Å²) in [7, 11) is 0. The van der Waals surface area contributed by atoms with Gasteiger partial charge in [0, 0.05) is 12.6 Å². The van der Waals surface area contributed by atoms with Gasteiger partial charge >= 0.3 is 0 Å². The van der Waals surface area contributed by atoms with Crippen LogP contribution in [0.15, 0.2) is 30.3 Å². The van der Waals surface area contributed by atoms with Crippen molar-refractivity contribution in [1.82, 2.24) is 5.32 Å². The molecule has 0 aliphatic rings. The first kappa shape index (κ1) is 18.6. The van der Waals surface area contributed by atoms with Crippen molar-refractivity contribution in [2.75, 3.05) is 19.8 Å². The van der Waals surface area contributed by atoms with Crippen molar-refractivity contribution < 1.29 is 14.6 Å². The van der Waals surface area contributed by atoms with Gasteiger partial charge in [-0.05, 0) is 25.8 Å². The number of hydrogen-bond donors (Lipinski definition) is 3. The summed E-state index contributed by atoms with van der Waals surface area (Å²) in [5, 5.41) is 10.9. The minimum absolute atomic E-state index is 0.0385. The Hall–Kier alpha value is -1.43. The van der Waals surface area contributed by atoms with Crippen molar-refractivity contribution in [2.45, 2.75) is 32.4 Å². The van der Waals surface area contributed by atoms with Gasteiger partial charge in [-0.25, -0.2) is 0 Å². The molecule has 1 amide bonds. The Morgan fingerprint density at radius 3 is 2.50 bits per heavy atom. The van der Waals surface area contributed by atoms with Gasteiger partial charge in [-0.1, -0.05) is 30.3 Å². The van der Waals surface area contributed by atoms with E-state index >= 15 is 0 Å².